The van der Waals surface area contributed by atoms with Crippen LogP contribution in [0.25, 0.3) is 122 Å². The zero-order chi connectivity index (χ0) is 39.3. The van der Waals surface area contributed by atoms with Crippen molar-refractivity contribution < 1.29 is 0 Å². The first-order valence-electron chi connectivity index (χ1n) is 20.4. The van der Waals surface area contributed by atoms with E-state index in [0.717, 1.165) is 43.9 Å². The van der Waals surface area contributed by atoms with E-state index in [-0.39, 0.29) is 0 Å². The normalized spacial score (nSPS) is 12.0. The van der Waals surface area contributed by atoms with Crippen molar-refractivity contribution in [1.82, 2.24) is 24.1 Å². The van der Waals surface area contributed by atoms with Crippen LogP contribution in [0.3, 0.4) is 0 Å². The van der Waals surface area contributed by atoms with Crippen LogP contribution in [0, 0.1) is 0 Å². The van der Waals surface area contributed by atoms with Gasteiger partial charge in [-0.25, -0.2) is 4.98 Å². The summed E-state index contributed by atoms with van der Waals surface area (Å²) in [6, 6.07) is 71.4. The molecule has 0 unspecified atom stereocenters. The zero-order valence-corrected chi connectivity index (χ0v) is 32.3. The predicted octanol–water partition coefficient (Wildman–Crippen LogP) is 13.9. The number of rotatable bonds is 4. The van der Waals surface area contributed by atoms with E-state index in [1.807, 2.05) is 6.07 Å². The Morgan fingerprint density at radius 3 is 1.75 bits per heavy atom. The van der Waals surface area contributed by atoms with Gasteiger partial charge in [0.05, 0.1) is 27.8 Å². The summed E-state index contributed by atoms with van der Waals surface area (Å²) in [5, 5.41) is 6.93. The fraction of sp³-hybridized carbons (Fsp3) is 0. The van der Waals surface area contributed by atoms with Crippen LogP contribution in [0.5, 0.6) is 0 Å². The molecule has 13 rings (SSSR count). The third-order valence-corrected chi connectivity index (χ3v) is 12.3. The maximum atomic E-state index is 5.44. The highest BCUT2D eigenvalue weighted by Gasteiger charge is 2.29. The highest BCUT2D eigenvalue weighted by atomic mass is 15.2. The average Bonchev–Trinajstić information content (AvgIpc) is 3.79. The number of aromatic nitrogens is 5. The Balaban J connectivity index is 1.16. The Hall–Kier alpha value is -8.15. The second-order valence-corrected chi connectivity index (χ2v) is 15.6. The molecule has 9 aromatic carbocycles. The van der Waals surface area contributed by atoms with Crippen LogP contribution in [0.2, 0.25) is 0 Å². The lowest BCUT2D eigenvalue weighted by molar-refractivity contribution is 0.954. The van der Waals surface area contributed by atoms with Gasteiger partial charge in [-0.3, -0.25) is 4.57 Å². The van der Waals surface area contributed by atoms with Gasteiger partial charge in [0.2, 0.25) is 5.95 Å². The summed E-state index contributed by atoms with van der Waals surface area (Å²) in [5.41, 5.74) is 14.7. The quantitative estimate of drug-likeness (QED) is 0.179. The van der Waals surface area contributed by atoms with E-state index in [0.29, 0.717) is 17.6 Å². The summed E-state index contributed by atoms with van der Waals surface area (Å²) in [5.74, 6) is 1.81. The van der Waals surface area contributed by atoms with Crippen LogP contribution >= 0.6 is 0 Å². The minimum atomic E-state index is 0.571. The number of hydrogen-bond donors (Lipinski definition) is 0. The van der Waals surface area contributed by atoms with Crippen molar-refractivity contribution in [2.24, 2.45) is 0 Å². The lowest BCUT2D eigenvalue weighted by atomic mass is 9.91. The molecule has 0 amide bonds. The first-order valence-corrected chi connectivity index (χ1v) is 20.4. The molecule has 0 radical (unpaired) electrons. The van der Waals surface area contributed by atoms with Gasteiger partial charge < -0.3 is 4.57 Å². The molecule has 3 aromatic heterocycles. The van der Waals surface area contributed by atoms with Gasteiger partial charge in [0, 0.05) is 43.8 Å². The van der Waals surface area contributed by atoms with Gasteiger partial charge in [-0.05, 0) is 57.3 Å². The SMILES string of the molecule is c1ccc(-c2ccc(-c3nc(-c4cccc5ccccc45)nc(-n4c5ccccc5c5c6c7c(cc54)c4ccccc4n7-c4ccccc4-c4ccccc4-6)n3)cc2)cc1. The second-order valence-electron chi connectivity index (χ2n) is 15.6. The second kappa shape index (κ2) is 12.7. The van der Waals surface area contributed by atoms with E-state index in [1.165, 1.54) is 60.7 Å². The molecule has 0 bridgehead atoms. The van der Waals surface area contributed by atoms with Gasteiger partial charge in [0.1, 0.15) is 0 Å². The van der Waals surface area contributed by atoms with Crippen LogP contribution in [-0.4, -0.2) is 24.1 Å². The Morgan fingerprint density at radius 2 is 0.917 bits per heavy atom. The summed E-state index contributed by atoms with van der Waals surface area (Å²) in [4.78, 5) is 16.1. The van der Waals surface area contributed by atoms with Crippen LogP contribution in [0.1, 0.15) is 0 Å². The number of nitrogens with zero attached hydrogens (tertiary/aromatic N) is 5. The number of para-hydroxylation sites is 3. The van der Waals surface area contributed by atoms with Gasteiger partial charge in [-0.1, -0.05) is 176 Å². The van der Waals surface area contributed by atoms with E-state index >= 15 is 0 Å². The largest absolute Gasteiger partial charge is 0.308 e. The summed E-state index contributed by atoms with van der Waals surface area (Å²) in [7, 11) is 0. The maximum Gasteiger partial charge on any atom is 0.238 e. The van der Waals surface area contributed by atoms with Crippen molar-refractivity contribution in [3.63, 3.8) is 0 Å². The molecule has 0 N–H and O–H groups in total. The van der Waals surface area contributed by atoms with Gasteiger partial charge >= 0.3 is 0 Å². The van der Waals surface area contributed by atoms with Gasteiger partial charge in [-0.15, -0.1) is 0 Å². The zero-order valence-electron chi connectivity index (χ0n) is 32.3. The molecule has 5 nitrogen and oxygen atoms in total. The van der Waals surface area contributed by atoms with Gasteiger partial charge in [0.25, 0.3) is 0 Å². The van der Waals surface area contributed by atoms with E-state index in [9.17, 15) is 0 Å². The van der Waals surface area contributed by atoms with Crippen molar-refractivity contribution >= 4 is 54.4 Å². The highest BCUT2D eigenvalue weighted by Crippen LogP contribution is 2.51. The highest BCUT2D eigenvalue weighted by molar-refractivity contribution is 6.28. The summed E-state index contributed by atoms with van der Waals surface area (Å²) in [6.45, 7) is 0. The van der Waals surface area contributed by atoms with Crippen LogP contribution < -0.4 is 0 Å². The molecular formula is C55H33N5. The fourth-order valence-electron chi connectivity index (χ4n) is 9.71. The summed E-state index contributed by atoms with van der Waals surface area (Å²) in [6.07, 6.45) is 0. The Morgan fingerprint density at radius 1 is 0.333 bits per heavy atom. The smallest absolute Gasteiger partial charge is 0.238 e. The minimum absolute atomic E-state index is 0.571. The average molecular weight is 764 g/mol. The topological polar surface area (TPSA) is 48.5 Å². The van der Waals surface area contributed by atoms with Crippen molar-refractivity contribution in [1.29, 1.82) is 0 Å². The lowest BCUT2D eigenvalue weighted by Gasteiger charge is -2.13. The predicted molar refractivity (Wildman–Crippen MR) is 247 cm³/mol. The first-order chi connectivity index (χ1) is 29.8. The van der Waals surface area contributed by atoms with Crippen LogP contribution in [0.15, 0.2) is 200 Å². The Bertz CT molecular complexity index is 3700. The van der Waals surface area contributed by atoms with Gasteiger partial charge in [-0.2, -0.15) is 9.97 Å². The van der Waals surface area contributed by atoms with E-state index < -0.39 is 0 Å². The summed E-state index contributed by atoms with van der Waals surface area (Å²) < 4.78 is 4.76. The molecule has 1 aliphatic rings. The number of fused-ring (bicyclic) bond motifs is 13. The fourth-order valence-corrected chi connectivity index (χ4v) is 9.71. The molecule has 1 aliphatic heterocycles. The molecule has 0 fully saturated rings. The van der Waals surface area contributed by atoms with Crippen molar-refractivity contribution in [2.75, 3.05) is 0 Å². The molecule has 60 heavy (non-hydrogen) atoms. The molecule has 0 atom stereocenters. The Kier molecular flexibility index (Phi) is 6.95. The Labute approximate surface area is 345 Å². The van der Waals surface area contributed by atoms with Crippen LogP contribution in [-0.2, 0) is 0 Å². The van der Waals surface area contributed by atoms with Crippen LogP contribution in [0.4, 0.5) is 0 Å². The molecule has 278 valence electrons. The standard InChI is InChI=1S/C55H33N5/c1-2-15-34(16-3-1)35-29-31-37(32-30-35)53-56-54(43-25-14-18-36-17-4-5-19-38(36)43)58-55(57-53)60-48-28-13-10-24-44(48)50-49(60)33-45-41-22-9-12-27-47(41)59-46-26-11-8-21-40(46)39-20-6-7-23-42(39)51(50)52(45)59/h1-33H. The van der Waals surface area contributed by atoms with Gasteiger partial charge in [0.15, 0.2) is 11.6 Å². The molecule has 0 saturated carbocycles. The molecule has 0 aliphatic carbocycles. The molecular weight excluding hydrogens is 731 g/mol. The van der Waals surface area contributed by atoms with Crippen molar-refractivity contribution in [3.8, 4) is 67.8 Å². The lowest BCUT2D eigenvalue weighted by Crippen LogP contribution is -2.06. The van der Waals surface area contributed by atoms with E-state index in [2.05, 4.69) is 203 Å². The third kappa shape index (κ3) is 4.71. The first kappa shape index (κ1) is 32.9. The molecule has 0 spiro atoms. The minimum Gasteiger partial charge on any atom is -0.308 e. The molecule has 5 heteroatoms. The third-order valence-electron chi connectivity index (χ3n) is 12.3. The van der Waals surface area contributed by atoms with Crippen molar-refractivity contribution in [3.05, 3.63) is 200 Å². The number of benzene rings is 9. The van der Waals surface area contributed by atoms with Crippen molar-refractivity contribution in [2.45, 2.75) is 0 Å². The monoisotopic (exact) mass is 763 g/mol. The van der Waals surface area contributed by atoms with E-state index in [1.54, 1.807) is 0 Å². The maximum absolute atomic E-state index is 5.44. The number of hydrogen-bond acceptors (Lipinski definition) is 3. The summed E-state index contributed by atoms with van der Waals surface area (Å²) >= 11 is 0. The molecule has 4 heterocycles. The van der Waals surface area contributed by atoms with E-state index in [4.69, 9.17) is 15.0 Å². The molecule has 0 saturated heterocycles. The molecule has 12 aromatic rings.